The molecular formula is C30H28Cl2N4O3S. The van der Waals surface area contributed by atoms with E-state index in [-0.39, 0.29) is 22.9 Å². The Morgan fingerprint density at radius 1 is 1.05 bits per heavy atom. The van der Waals surface area contributed by atoms with Gasteiger partial charge in [-0.2, -0.15) is 0 Å². The zero-order valence-corrected chi connectivity index (χ0v) is 24.4. The lowest BCUT2D eigenvalue weighted by Gasteiger charge is -2.19. The van der Waals surface area contributed by atoms with Gasteiger partial charge in [0.15, 0.2) is 5.13 Å². The molecule has 0 spiro atoms. The molecule has 7 nitrogen and oxygen atoms in total. The number of carbonyl (C=O) groups is 2. The summed E-state index contributed by atoms with van der Waals surface area (Å²) in [7, 11) is 0. The number of thiazole rings is 1. The summed E-state index contributed by atoms with van der Waals surface area (Å²) in [6.45, 7) is 5.41. The molecular weight excluding hydrogens is 567 g/mol. The van der Waals surface area contributed by atoms with Crippen LogP contribution < -0.4 is 10.2 Å². The summed E-state index contributed by atoms with van der Waals surface area (Å²) in [6, 6.07) is 18.7. The van der Waals surface area contributed by atoms with Gasteiger partial charge in [-0.25, -0.2) is 9.78 Å². The van der Waals surface area contributed by atoms with Crippen molar-refractivity contribution in [2.75, 3.05) is 24.6 Å². The predicted molar refractivity (Wildman–Crippen MR) is 159 cm³/mol. The van der Waals surface area contributed by atoms with Gasteiger partial charge in [-0.15, -0.1) is 0 Å². The second kappa shape index (κ2) is 10.9. The van der Waals surface area contributed by atoms with E-state index in [0.29, 0.717) is 46.2 Å². The molecule has 40 heavy (non-hydrogen) atoms. The molecule has 1 saturated heterocycles. The van der Waals surface area contributed by atoms with Crippen LogP contribution in [-0.4, -0.2) is 47.6 Å². The molecule has 6 rings (SSSR count). The van der Waals surface area contributed by atoms with Crippen LogP contribution in [0.3, 0.4) is 0 Å². The van der Waals surface area contributed by atoms with Crippen molar-refractivity contribution in [2.24, 2.45) is 11.8 Å². The summed E-state index contributed by atoms with van der Waals surface area (Å²) in [6.07, 6.45) is 0.540. The molecule has 1 amide bonds. The number of piperidine rings is 1. The number of esters is 1. The number of fused-ring (bicyclic) bond motifs is 1. The standard InChI is InChI=1S/C30H28Cl2N4O3S/c1-3-39-29(38)27-22(13-17-9-11-19(12-10-17)18-7-5-4-6-8-18)34-30(40-27)36-14-20-21(15-36)25(20)35-28(37)26-24(32)23(31)16(2)33-26/h4-12,20-21,25,33H,3,13-15H2,1-2H3,(H,35,37)/t20-,21+,25?. The van der Waals surface area contributed by atoms with Gasteiger partial charge in [0, 0.05) is 43.1 Å². The zero-order chi connectivity index (χ0) is 28.0. The van der Waals surface area contributed by atoms with E-state index in [9.17, 15) is 9.59 Å². The number of hydrogen-bond acceptors (Lipinski definition) is 6. The Hall–Kier alpha value is -3.33. The minimum Gasteiger partial charge on any atom is -0.462 e. The van der Waals surface area contributed by atoms with E-state index in [0.717, 1.165) is 40.6 Å². The third kappa shape index (κ3) is 5.11. The van der Waals surface area contributed by atoms with Gasteiger partial charge in [0.1, 0.15) is 10.6 Å². The number of hydrogen-bond donors (Lipinski definition) is 2. The Balaban J connectivity index is 1.14. The Labute approximate surface area is 246 Å². The van der Waals surface area contributed by atoms with Gasteiger partial charge >= 0.3 is 5.97 Å². The lowest BCUT2D eigenvalue weighted by atomic mass is 10.0. The van der Waals surface area contributed by atoms with Crippen LogP contribution in [0.1, 0.15) is 44.0 Å². The van der Waals surface area contributed by atoms with Crippen molar-refractivity contribution in [1.82, 2.24) is 15.3 Å². The van der Waals surface area contributed by atoms with Crippen molar-refractivity contribution in [3.05, 3.63) is 92.2 Å². The molecule has 2 aliphatic rings. The zero-order valence-electron chi connectivity index (χ0n) is 22.0. The molecule has 2 fully saturated rings. The first-order valence-corrected chi connectivity index (χ1v) is 14.8. The van der Waals surface area contributed by atoms with Crippen LogP contribution in [0, 0.1) is 18.8 Å². The first kappa shape index (κ1) is 26.9. The topological polar surface area (TPSA) is 87.3 Å². The Bertz CT molecular complexity index is 1560. The van der Waals surface area contributed by atoms with Crippen LogP contribution in [0.15, 0.2) is 54.6 Å². The highest BCUT2D eigenvalue weighted by Gasteiger charge is 2.57. The van der Waals surface area contributed by atoms with Crippen molar-refractivity contribution in [1.29, 1.82) is 0 Å². The number of rotatable bonds is 8. The third-order valence-electron chi connectivity index (χ3n) is 7.62. The average molecular weight is 596 g/mol. The number of nitrogens with one attached hydrogen (secondary N) is 2. The maximum absolute atomic E-state index is 12.8. The van der Waals surface area contributed by atoms with E-state index in [1.165, 1.54) is 11.3 Å². The lowest BCUT2D eigenvalue weighted by Crippen LogP contribution is -2.34. The van der Waals surface area contributed by atoms with Gasteiger partial charge in [-0.3, -0.25) is 4.79 Å². The van der Waals surface area contributed by atoms with E-state index in [1.807, 2.05) is 18.2 Å². The molecule has 1 aliphatic heterocycles. The molecule has 2 aromatic carbocycles. The van der Waals surface area contributed by atoms with Gasteiger partial charge in [0.2, 0.25) is 0 Å². The van der Waals surface area contributed by atoms with Gasteiger partial charge in [0.05, 0.1) is 22.3 Å². The molecule has 1 unspecified atom stereocenters. The molecule has 0 bridgehead atoms. The number of aryl methyl sites for hydroxylation is 1. The van der Waals surface area contributed by atoms with Crippen LogP contribution in [0.25, 0.3) is 11.1 Å². The molecule has 4 aromatic rings. The second-order valence-electron chi connectivity index (χ2n) is 10.2. The summed E-state index contributed by atoms with van der Waals surface area (Å²) in [5, 5.41) is 4.53. The number of nitrogens with zero attached hydrogens (tertiary/aromatic N) is 2. The largest absolute Gasteiger partial charge is 0.462 e. The molecule has 1 aliphatic carbocycles. The van der Waals surface area contributed by atoms with E-state index >= 15 is 0 Å². The summed E-state index contributed by atoms with van der Waals surface area (Å²) >= 11 is 13.7. The molecule has 2 N–H and O–H groups in total. The minimum absolute atomic E-state index is 0.0780. The van der Waals surface area contributed by atoms with E-state index in [4.69, 9.17) is 32.9 Å². The van der Waals surface area contributed by atoms with Gasteiger partial charge in [0.25, 0.3) is 5.91 Å². The van der Waals surface area contributed by atoms with Crippen LogP contribution in [0.2, 0.25) is 10.0 Å². The van der Waals surface area contributed by atoms with Crippen LogP contribution in [-0.2, 0) is 11.2 Å². The van der Waals surface area contributed by atoms with Crippen molar-refractivity contribution < 1.29 is 14.3 Å². The third-order valence-corrected chi connectivity index (χ3v) is 9.71. The Morgan fingerprint density at radius 2 is 1.73 bits per heavy atom. The van der Waals surface area contributed by atoms with Gasteiger partial charge in [-0.05, 0) is 30.5 Å². The predicted octanol–water partition coefficient (Wildman–Crippen LogP) is 6.39. The summed E-state index contributed by atoms with van der Waals surface area (Å²) in [4.78, 5) is 36.2. The first-order valence-electron chi connectivity index (χ1n) is 13.2. The van der Waals surface area contributed by atoms with Crippen molar-refractivity contribution >= 4 is 51.5 Å². The van der Waals surface area contributed by atoms with E-state index in [2.05, 4.69) is 51.6 Å². The number of H-pyrrole nitrogens is 1. The van der Waals surface area contributed by atoms with Crippen molar-refractivity contribution in [2.45, 2.75) is 26.3 Å². The van der Waals surface area contributed by atoms with E-state index in [1.54, 1.807) is 13.8 Å². The second-order valence-corrected chi connectivity index (χ2v) is 12.0. The maximum Gasteiger partial charge on any atom is 0.350 e. The number of benzene rings is 2. The normalized spacial score (nSPS) is 19.4. The Kier molecular flexibility index (Phi) is 7.33. The minimum atomic E-state index is -0.339. The molecule has 0 radical (unpaired) electrons. The summed E-state index contributed by atoms with van der Waals surface area (Å²) < 4.78 is 5.35. The lowest BCUT2D eigenvalue weighted by molar-refractivity contribution is 0.0530. The smallest absolute Gasteiger partial charge is 0.350 e. The first-order chi connectivity index (χ1) is 19.3. The number of aromatic nitrogens is 2. The fraction of sp³-hybridized carbons (Fsp3) is 0.300. The molecule has 10 heteroatoms. The van der Waals surface area contributed by atoms with Crippen molar-refractivity contribution in [3.63, 3.8) is 0 Å². The summed E-state index contributed by atoms with van der Waals surface area (Å²) in [5.41, 5.74) is 5.07. The number of ether oxygens (including phenoxy) is 1. The summed E-state index contributed by atoms with van der Waals surface area (Å²) in [5.74, 6) is 0.0511. The quantitative estimate of drug-likeness (QED) is 0.231. The number of halogens is 2. The average Bonchev–Trinajstić information content (AvgIpc) is 3.30. The van der Waals surface area contributed by atoms with Crippen LogP contribution in [0.4, 0.5) is 5.13 Å². The molecule has 3 heterocycles. The fourth-order valence-electron chi connectivity index (χ4n) is 5.44. The molecule has 2 aromatic heterocycles. The number of aromatic amines is 1. The number of carbonyl (C=O) groups excluding carboxylic acids is 2. The SMILES string of the molecule is CCOC(=O)c1sc(N2C[C@@H]3C(NC(=O)c4[nH]c(C)c(Cl)c4Cl)[C@@H]3C2)nc1Cc1ccc(-c2ccccc2)cc1. The monoisotopic (exact) mass is 594 g/mol. The highest BCUT2D eigenvalue weighted by atomic mass is 35.5. The van der Waals surface area contributed by atoms with Gasteiger partial charge < -0.3 is 19.9 Å². The highest BCUT2D eigenvalue weighted by Crippen LogP contribution is 2.48. The Morgan fingerprint density at radius 3 is 2.35 bits per heavy atom. The number of amides is 1. The highest BCUT2D eigenvalue weighted by molar-refractivity contribution is 7.17. The fourth-order valence-corrected chi connectivity index (χ4v) is 6.85. The molecule has 1 saturated carbocycles. The van der Waals surface area contributed by atoms with Crippen molar-refractivity contribution in [3.8, 4) is 11.1 Å². The van der Waals surface area contributed by atoms with Crippen LogP contribution in [0.5, 0.6) is 0 Å². The molecule has 3 atom stereocenters. The van der Waals surface area contributed by atoms with Crippen LogP contribution >= 0.6 is 34.5 Å². The maximum atomic E-state index is 12.8. The molecule has 206 valence electrons. The van der Waals surface area contributed by atoms with Gasteiger partial charge in [-0.1, -0.05) is 89.1 Å². The van der Waals surface area contributed by atoms with E-state index < -0.39 is 0 Å². The number of anilines is 1.